The lowest BCUT2D eigenvalue weighted by Gasteiger charge is -2.15. The molecule has 7 heteroatoms. The average Bonchev–Trinajstić information content (AvgIpc) is 2.97. The van der Waals surface area contributed by atoms with Crippen LogP contribution in [0.5, 0.6) is 0 Å². The first-order valence-electron chi connectivity index (χ1n) is 6.80. The van der Waals surface area contributed by atoms with Crippen LogP contribution in [0.4, 0.5) is 5.69 Å². The number of amides is 2. The van der Waals surface area contributed by atoms with Crippen LogP contribution in [0.2, 0.25) is 10.0 Å². The Hall–Kier alpha value is -1.30. The SMILES string of the molecule is O=C(CNCC(=O)N1CCCC1)Nc1c(Cl)cccc1Cl. The van der Waals surface area contributed by atoms with E-state index in [1.807, 2.05) is 0 Å². The van der Waals surface area contributed by atoms with E-state index in [1.54, 1.807) is 23.1 Å². The zero-order valence-electron chi connectivity index (χ0n) is 11.5. The van der Waals surface area contributed by atoms with E-state index in [4.69, 9.17) is 23.2 Å². The van der Waals surface area contributed by atoms with E-state index in [0.717, 1.165) is 25.9 Å². The van der Waals surface area contributed by atoms with E-state index in [-0.39, 0.29) is 24.9 Å². The van der Waals surface area contributed by atoms with Gasteiger partial charge in [-0.05, 0) is 25.0 Å². The summed E-state index contributed by atoms with van der Waals surface area (Å²) in [5.74, 6) is -0.268. The van der Waals surface area contributed by atoms with Crippen molar-refractivity contribution in [1.82, 2.24) is 10.2 Å². The molecule has 1 saturated heterocycles. The Bertz CT molecular complexity index is 511. The maximum absolute atomic E-state index is 11.8. The molecule has 0 spiro atoms. The number of hydrogen-bond acceptors (Lipinski definition) is 3. The number of para-hydroxylation sites is 1. The zero-order chi connectivity index (χ0) is 15.2. The van der Waals surface area contributed by atoms with Gasteiger partial charge in [-0.1, -0.05) is 29.3 Å². The van der Waals surface area contributed by atoms with Gasteiger partial charge in [0.25, 0.3) is 0 Å². The number of carbonyl (C=O) groups is 2. The Kier molecular flexibility index (Phi) is 5.85. The van der Waals surface area contributed by atoms with Crippen molar-refractivity contribution in [3.63, 3.8) is 0 Å². The molecule has 5 nitrogen and oxygen atoms in total. The highest BCUT2D eigenvalue weighted by Gasteiger charge is 2.17. The molecule has 21 heavy (non-hydrogen) atoms. The Morgan fingerprint density at radius 3 is 2.33 bits per heavy atom. The fourth-order valence-electron chi connectivity index (χ4n) is 2.16. The average molecular weight is 330 g/mol. The van der Waals surface area contributed by atoms with Crippen molar-refractivity contribution >= 4 is 40.7 Å². The van der Waals surface area contributed by atoms with Crippen molar-refractivity contribution in [1.29, 1.82) is 0 Å². The molecule has 1 aromatic carbocycles. The molecule has 2 amide bonds. The predicted octanol–water partition coefficient (Wildman–Crippen LogP) is 2.14. The smallest absolute Gasteiger partial charge is 0.238 e. The summed E-state index contributed by atoms with van der Waals surface area (Å²) in [6, 6.07) is 4.99. The third-order valence-electron chi connectivity index (χ3n) is 3.25. The predicted molar refractivity (Wildman–Crippen MR) is 83.8 cm³/mol. The highest BCUT2D eigenvalue weighted by atomic mass is 35.5. The molecule has 1 aliphatic rings. The van der Waals surface area contributed by atoms with E-state index in [0.29, 0.717) is 15.7 Å². The highest BCUT2D eigenvalue weighted by Crippen LogP contribution is 2.29. The Labute approximate surface area is 133 Å². The lowest BCUT2D eigenvalue weighted by molar-refractivity contribution is -0.129. The van der Waals surface area contributed by atoms with Gasteiger partial charge in [-0.15, -0.1) is 0 Å². The number of carbonyl (C=O) groups excluding carboxylic acids is 2. The molecule has 1 heterocycles. The number of nitrogens with zero attached hydrogens (tertiary/aromatic N) is 1. The second-order valence-electron chi connectivity index (χ2n) is 4.84. The van der Waals surface area contributed by atoms with Crippen LogP contribution in [0, 0.1) is 0 Å². The second kappa shape index (κ2) is 7.64. The minimum absolute atomic E-state index is 0.0241. The molecule has 0 radical (unpaired) electrons. The van der Waals surface area contributed by atoms with Gasteiger partial charge in [-0.2, -0.15) is 0 Å². The first kappa shape index (κ1) is 16.1. The molecule has 1 fully saturated rings. The number of anilines is 1. The first-order valence-corrected chi connectivity index (χ1v) is 7.56. The molecule has 1 aliphatic heterocycles. The van der Waals surface area contributed by atoms with Crippen LogP contribution in [0.1, 0.15) is 12.8 Å². The normalized spacial score (nSPS) is 14.3. The van der Waals surface area contributed by atoms with Crippen molar-refractivity contribution < 1.29 is 9.59 Å². The summed E-state index contributed by atoms with van der Waals surface area (Å²) in [6.07, 6.45) is 2.11. The van der Waals surface area contributed by atoms with Crippen molar-refractivity contribution in [2.45, 2.75) is 12.8 Å². The van der Waals surface area contributed by atoms with Gasteiger partial charge < -0.3 is 10.2 Å². The van der Waals surface area contributed by atoms with Gasteiger partial charge >= 0.3 is 0 Å². The highest BCUT2D eigenvalue weighted by molar-refractivity contribution is 6.39. The van der Waals surface area contributed by atoms with Crippen LogP contribution < -0.4 is 10.6 Å². The van der Waals surface area contributed by atoms with Crippen LogP contribution >= 0.6 is 23.2 Å². The second-order valence-corrected chi connectivity index (χ2v) is 5.65. The van der Waals surface area contributed by atoms with E-state index in [2.05, 4.69) is 10.6 Å². The molecule has 0 aromatic heterocycles. The topological polar surface area (TPSA) is 61.4 Å². The molecule has 1 aromatic rings. The zero-order valence-corrected chi connectivity index (χ0v) is 13.0. The van der Waals surface area contributed by atoms with E-state index < -0.39 is 0 Å². The van der Waals surface area contributed by atoms with E-state index in [9.17, 15) is 9.59 Å². The molecule has 0 unspecified atom stereocenters. The van der Waals surface area contributed by atoms with Gasteiger partial charge in [-0.25, -0.2) is 0 Å². The van der Waals surface area contributed by atoms with Gasteiger partial charge in [0.05, 0.1) is 28.8 Å². The van der Waals surface area contributed by atoms with Crippen LogP contribution in [0.25, 0.3) is 0 Å². The number of likely N-dealkylation sites (tertiary alicyclic amines) is 1. The number of rotatable bonds is 5. The molecular weight excluding hydrogens is 313 g/mol. The Morgan fingerprint density at radius 2 is 1.71 bits per heavy atom. The van der Waals surface area contributed by atoms with Crippen LogP contribution in [0.3, 0.4) is 0 Å². The first-order chi connectivity index (χ1) is 10.1. The van der Waals surface area contributed by atoms with Gasteiger partial charge in [0.2, 0.25) is 11.8 Å². The van der Waals surface area contributed by atoms with Gasteiger partial charge in [-0.3, -0.25) is 14.9 Å². The monoisotopic (exact) mass is 329 g/mol. The largest absolute Gasteiger partial charge is 0.342 e. The van der Waals surface area contributed by atoms with Crippen molar-refractivity contribution in [2.75, 3.05) is 31.5 Å². The number of halogens is 2. The fourth-order valence-corrected chi connectivity index (χ4v) is 2.65. The number of nitrogens with one attached hydrogen (secondary N) is 2. The number of benzene rings is 1. The molecule has 0 bridgehead atoms. The van der Waals surface area contributed by atoms with Crippen LogP contribution in [0.15, 0.2) is 18.2 Å². The fraction of sp³-hybridized carbons (Fsp3) is 0.429. The third-order valence-corrected chi connectivity index (χ3v) is 3.88. The summed E-state index contributed by atoms with van der Waals surface area (Å²) >= 11 is 11.9. The maximum atomic E-state index is 11.8. The maximum Gasteiger partial charge on any atom is 0.238 e. The Morgan fingerprint density at radius 1 is 1.10 bits per heavy atom. The summed E-state index contributed by atoms with van der Waals surface area (Å²) in [5.41, 5.74) is 0.388. The minimum atomic E-state index is -0.292. The molecule has 0 saturated carbocycles. The minimum Gasteiger partial charge on any atom is -0.342 e. The van der Waals surface area contributed by atoms with Crippen LogP contribution in [-0.4, -0.2) is 42.9 Å². The van der Waals surface area contributed by atoms with Crippen molar-refractivity contribution in [3.05, 3.63) is 28.2 Å². The standard InChI is InChI=1S/C14H17Cl2N3O2/c15-10-4-3-5-11(16)14(10)18-12(20)8-17-9-13(21)19-6-1-2-7-19/h3-5,17H,1-2,6-9H2,(H,18,20). The van der Waals surface area contributed by atoms with Gasteiger partial charge in [0, 0.05) is 13.1 Å². The lowest BCUT2D eigenvalue weighted by atomic mass is 10.3. The van der Waals surface area contributed by atoms with Gasteiger partial charge in [0.1, 0.15) is 0 Å². The molecule has 2 N–H and O–H groups in total. The summed E-state index contributed by atoms with van der Waals surface area (Å²) in [4.78, 5) is 25.4. The summed E-state index contributed by atoms with van der Waals surface area (Å²) in [7, 11) is 0. The molecule has 2 rings (SSSR count). The molecule has 114 valence electrons. The van der Waals surface area contributed by atoms with Gasteiger partial charge in [0.15, 0.2) is 0 Å². The van der Waals surface area contributed by atoms with Crippen molar-refractivity contribution in [3.8, 4) is 0 Å². The summed E-state index contributed by atoms with van der Waals surface area (Å²) in [5, 5.41) is 6.22. The Balaban J connectivity index is 1.76. The van der Waals surface area contributed by atoms with E-state index in [1.165, 1.54) is 0 Å². The molecule has 0 atom stereocenters. The molecular formula is C14H17Cl2N3O2. The summed E-state index contributed by atoms with van der Waals surface area (Å²) < 4.78 is 0. The van der Waals surface area contributed by atoms with E-state index >= 15 is 0 Å². The molecule has 0 aliphatic carbocycles. The van der Waals surface area contributed by atoms with Crippen LogP contribution in [-0.2, 0) is 9.59 Å². The quantitative estimate of drug-likeness (QED) is 0.870. The number of hydrogen-bond donors (Lipinski definition) is 2. The van der Waals surface area contributed by atoms with Crippen molar-refractivity contribution in [2.24, 2.45) is 0 Å². The lowest BCUT2D eigenvalue weighted by Crippen LogP contribution is -2.39. The third kappa shape index (κ3) is 4.59. The summed E-state index contributed by atoms with van der Waals surface area (Å²) in [6.45, 7) is 1.80.